The summed E-state index contributed by atoms with van der Waals surface area (Å²) in [6, 6.07) is 10.5. The average molecular weight is 683 g/mol. The van der Waals surface area contributed by atoms with Gasteiger partial charge in [0.1, 0.15) is 35.6 Å². The van der Waals surface area contributed by atoms with Gasteiger partial charge in [0, 0.05) is 69.5 Å². The van der Waals surface area contributed by atoms with Crippen LogP contribution in [-0.4, -0.2) is 104 Å². The molecule has 3 aromatic heterocycles. The minimum Gasteiger partial charge on any atom is -0.508 e. The second kappa shape index (κ2) is 12.6. The number of likely N-dealkylation sites (tertiary alicyclic amines) is 1. The molecule has 0 aliphatic carbocycles. The predicted molar refractivity (Wildman–Crippen MR) is 182 cm³/mol. The standard InChI is InChI=1S/C36H36F2N8O4/c1-21-40-29(50-43-21)8-9-30(48)45-17-22(18-45)16-44(2)34-28-15-39-32(27-13-25(47)12-23-6-3-4-7-26(23)27)31(38)33(28)41-35(42-34)49-20-36-10-5-11-46(36)19-24(37)14-36/h3-4,6-9,12-13,15,22,24,47H,5,10-11,14,16-20H2,1-2H3/b9-8+/t24-,36+/m1/s1. The summed E-state index contributed by atoms with van der Waals surface area (Å²) < 4.78 is 42.5. The average Bonchev–Trinajstić information content (AvgIpc) is 3.77. The van der Waals surface area contributed by atoms with Crippen molar-refractivity contribution in [3.8, 4) is 23.0 Å². The highest BCUT2D eigenvalue weighted by molar-refractivity contribution is 6.00. The van der Waals surface area contributed by atoms with E-state index in [1.165, 1.54) is 18.2 Å². The molecule has 1 amide bonds. The first-order valence-electron chi connectivity index (χ1n) is 16.7. The molecule has 12 nitrogen and oxygen atoms in total. The fraction of sp³-hybridized carbons (Fsp3) is 0.389. The van der Waals surface area contributed by atoms with Crippen molar-refractivity contribution in [2.75, 3.05) is 51.3 Å². The Hall–Kier alpha value is -5.24. The zero-order valence-electron chi connectivity index (χ0n) is 27.7. The van der Waals surface area contributed by atoms with E-state index in [1.54, 1.807) is 24.1 Å². The van der Waals surface area contributed by atoms with E-state index in [2.05, 4.69) is 25.0 Å². The monoisotopic (exact) mass is 682 g/mol. The van der Waals surface area contributed by atoms with Crippen molar-refractivity contribution < 1.29 is 27.9 Å². The van der Waals surface area contributed by atoms with Crippen LogP contribution >= 0.6 is 0 Å². The van der Waals surface area contributed by atoms with Crippen molar-refractivity contribution in [1.29, 1.82) is 0 Å². The number of hydrogen-bond acceptors (Lipinski definition) is 11. The number of ether oxygens (including phenoxy) is 1. The molecule has 3 aliphatic rings. The van der Waals surface area contributed by atoms with E-state index in [4.69, 9.17) is 14.2 Å². The number of carbonyl (C=O) groups is 1. The number of phenolic OH excluding ortho intramolecular Hbond substituents is 1. The summed E-state index contributed by atoms with van der Waals surface area (Å²) in [5.74, 6) is 0.456. The molecule has 0 radical (unpaired) electrons. The summed E-state index contributed by atoms with van der Waals surface area (Å²) in [5, 5.41) is 16.1. The molecule has 2 aromatic carbocycles. The Kier molecular flexibility index (Phi) is 8.05. The van der Waals surface area contributed by atoms with Crippen LogP contribution < -0.4 is 9.64 Å². The molecule has 0 unspecified atom stereocenters. The molecule has 258 valence electrons. The van der Waals surface area contributed by atoms with Gasteiger partial charge in [-0.1, -0.05) is 29.4 Å². The normalized spacial score (nSPS) is 21.0. The van der Waals surface area contributed by atoms with Gasteiger partial charge in [-0.05, 0) is 49.2 Å². The van der Waals surface area contributed by atoms with E-state index in [9.17, 15) is 14.3 Å². The summed E-state index contributed by atoms with van der Waals surface area (Å²) in [5.41, 5.74) is 0.0530. The minimum atomic E-state index is -0.922. The lowest BCUT2D eigenvalue weighted by molar-refractivity contribution is -0.131. The summed E-state index contributed by atoms with van der Waals surface area (Å²) >= 11 is 0. The molecule has 0 saturated carbocycles. The largest absolute Gasteiger partial charge is 0.508 e. The van der Waals surface area contributed by atoms with Crippen LogP contribution in [0.2, 0.25) is 0 Å². The molecule has 6 heterocycles. The molecule has 14 heteroatoms. The van der Waals surface area contributed by atoms with Crippen LogP contribution in [0.4, 0.5) is 14.6 Å². The lowest BCUT2D eigenvalue weighted by Crippen LogP contribution is -2.53. The smallest absolute Gasteiger partial charge is 0.319 e. The maximum absolute atomic E-state index is 16.7. The number of amides is 1. The van der Waals surface area contributed by atoms with Crippen molar-refractivity contribution in [3.05, 3.63) is 66.2 Å². The van der Waals surface area contributed by atoms with Crippen molar-refractivity contribution in [1.82, 2.24) is 34.9 Å². The molecule has 8 rings (SSSR count). The van der Waals surface area contributed by atoms with Gasteiger partial charge in [0.05, 0.1) is 10.9 Å². The Balaban J connectivity index is 1.09. The number of alkyl halides is 1. The Morgan fingerprint density at radius 2 is 2.02 bits per heavy atom. The number of pyridine rings is 1. The molecule has 3 aliphatic heterocycles. The molecule has 5 aromatic rings. The fourth-order valence-electron chi connectivity index (χ4n) is 7.67. The molecule has 0 spiro atoms. The Labute approximate surface area is 286 Å². The zero-order valence-corrected chi connectivity index (χ0v) is 27.7. The van der Waals surface area contributed by atoms with E-state index >= 15 is 4.39 Å². The quantitative estimate of drug-likeness (QED) is 0.212. The number of anilines is 1. The lowest BCUT2D eigenvalue weighted by atomic mass is 9.95. The highest BCUT2D eigenvalue weighted by Crippen LogP contribution is 2.41. The number of halogens is 2. The van der Waals surface area contributed by atoms with Gasteiger partial charge in [0.2, 0.25) is 5.91 Å². The van der Waals surface area contributed by atoms with Crippen LogP contribution in [0.25, 0.3) is 39.0 Å². The van der Waals surface area contributed by atoms with Gasteiger partial charge in [-0.25, -0.2) is 8.78 Å². The molecule has 3 fully saturated rings. The minimum absolute atomic E-state index is 0.00786. The van der Waals surface area contributed by atoms with Gasteiger partial charge < -0.3 is 24.2 Å². The first kappa shape index (κ1) is 32.0. The number of phenols is 1. The zero-order chi connectivity index (χ0) is 34.6. The van der Waals surface area contributed by atoms with E-state index in [-0.39, 0.29) is 47.3 Å². The van der Waals surface area contributed by atoms with E-state index in [0.29, 0.717) is 55.2 Å². The van der Waals surface area contributed by atoms with Gasteiger partial charge in [-0.2, -0.15) is 15.0 Å². The number of fused-ring (bicyclic) bond motifs is 3. The second-order valence-electron chi connectivity index (χ2n) is 13.6. The van der Waals surface area contributed by atoms with E-state index in [0.717, 1.165) is 30.2 Å². The maximum Gasteiger partial charge on any atom is 0.319 e. The lowest BCUT2D eigenvalue weighted by Gasteiger charge is -2.40. The third-order valence-electron chi connectivity index (χ3n) is 10.1. The van der Waals surface area contributed by atoms with Crippen LogP contribution in [-0.2, 0) is 4.79 Å². The third-order valence-corrected chi connectivity index (χ3v) is 10.1. The van der Waals surface area contributed by atoms with Gasteiger partial charge >= 0.3 is 6.01 Å². The second-order valence-corrected chi connectivity index (χ2v) is 13.6. The predicted octanol–water partition coefficient (Wildman–Crippen LogP) is 4.94. The number of rotatable bonds is 9. The highest BCUT2D eigenvalue weighted by Gasteiger charge is 2.49. The Bertz CT molecular complexity index is 2140. The summed E-state index contributed by atoms with van der Waals surface area (Å²) in [6.07, 6.45) is 5.67. The van der Waals surface area contributed by atoms with Gasteiger partial charge in [-0.3, -0.25) is 14.7 Å². The van der Waals surface area contributed by atoms with Gasteiger partial charge in [0.25, 0.3) is 5.89 Å². The molecule has 50 heavy (non-hydrogen) atoms. The SMILES string of the molecule is Cc1noc(/C=C/C(=O)N2CC(CN(C)c3nc(OC[C@@]45CCCN4C[C@H](F)C5)nc4c(F)c(-c5cc(O)cc6ccccc56)ncc34)C2)n1. The number of nitrogens with zero attached hydrogens (tertiary/aromatic N) is 8. The molecule has 3 saturated heterocycles. The molecule has 1 N–H and O–H groups in total. The summed E-state index contributed by atoms with van der Waals surface area (Å²) in [4.78, 5) is 36.4. The summed E-state index contributed by atoms with van der Waals surface area (Å²) in [6.45, 7) is 4.64. The number of aryl methyl sites for hydroxylation is 1. The summed E-state index contributed by atoms with van der Waals surface area (Å²) in [7, 11) is 1.85. The van der Waals surface area contributed by atoms with Crippen molar-refractivity contribution in [3.63, 3.8) is 0 Å². The van der Waals surface area contributed by atoms with Crippen molar-refractivity contribution in [2.45, 2.75) is 37.9 Å². The molecule has 2 atom stereocenters. The van der Waals surface area contributed by atoms with E-state index < -0.39 is 17.5 Å². The number of aromatic nitrogens is 5. The fourth-order valence-corrected chi connectivity index (χ4v) is 7.67. The molecular weight excluding hydrogens is 646 g/mol. The van der Waals surface area contributed by atoms with Crippen LogP contribution in [0, 0.1) is 18.7 Å². The van der Waals surface area contributed by atoms with Crippen LogP contribution in [0.15, 0.2) is 53.2 Å². The molecular formula is C36H36F2N8O4. The van der Waals surface area contributed by atoms with Crippen LogP contribution in [0.1, 0.15) is 31.0 Å². The van der Waals surface area contributed by atoms with Gasteiger partial charge in [0.15, 0.2) is 11.6 Å². The molecule has 0 bridgehead atoms. The number of aromatic hydroxyl groups is 1. The van der Waals surface area contributed by atoms with Crippen molar-refractivity contribution in [2.24, 2.45) is 5.92 Å². The van der Waals surface area contributed by atoms with Crippen LogP contribution in [0.3, 0.4) is 0 Å². The van der Waals surface area contributed by atoms with E-state index in [1.807, 2.05) is 36.2 Å². The van der Waals surface area contributed by atoms with Gasteiger partial charge in [-0.15, -0.1) is 0 Å². The third kappa shape index (κ3) is 5.86. The Morgan fingerprint density at radius 1 is 1.18 bits per heavy atom. The first-order valence-corrected chi connectivity index (χ1v) is 16.7. The maximum atomic E-state index is 16.7. The number of carbonyl (C=O) groups excluding carboxylic acids is 1. The first-order chi connectivity index (χ1) is 24.2. The van der Waals surface area contributed by atoms with Crippen molar-refractivity contribution >= 4 is 39.5 Å². The number of hydrogen-bond donors (Lipinski definition) is 1. The topological polar surface area (TPSA) is 134 Å². The highest BCUT2D eigenvalue weighted by atomic mass is 19.1. The number of benzene rings is 2. The Morgan fingerprint density at radius 3 is 2.84 bits per heavy atom. The van der Waals surface area contributed by atoms with Crippen LogP contribution in [0.5, 0.6) is 11.8 Å².